The van der Waals surface area contributed by atoms with Gasteiger partial charge in [0.25, 0.3) is 5.91 Å². The summed E-state index contributed by atoms with van der Waals surface area (Å²) in [7, 11) is 0. The number of benzene rings is 2. The van der Waals surface area contributed by atoms with Crippen LogP contribution in [-0.4, -0.2) is 16.4 Å². The number of nitrogens with zero attached hydrogens (tertiary/aromatic N) is 2. The van der Waals surface area contributed by atoms with Crippen LogP contribution >= 0.6 is 11.3 Å². The predicted molar refractivity (Wildman–Crippen MR) is 124 cm³/mol. The van der Waals surface area contributed by atoms with Crippen LogP contribution in [0.3, 0.4) is 0 Å². The lowest BCUT2D eigenvalue weighted by Crippen LogP contribution is -2.23. The number of aromatic nitrogens is 1. The van der Waals surface area contributed by atoms with Crippen LogP contribution in [0.1, 0.15) is 43.3 Å². The number of halogens is 3. The Morgan fingerprint density at radius 3 is 2.51 bits per heavy atom. The van der Waals surface area contributed by atoms with Crippen molar-refractivity contribution in [2.75, 3.05) is 0 Å². The van der Waals surface area contributed by atoms with Gasteiger partial charge in [-0.15, -0.1) is 11.3 Å². The molecule has 0 atom stereocenters. The summed E-state index contributed by atoms with van der Waals surface area (Å²) in [5.41, 5.74) is 1.78. The average Bonchev–Trinajstić information content (AvgIpc) is 3.49. The SMILES string of the molecule is Cc1csc(=NC(=O)c2ccco2)n1Cc1ccc(C(=O)NCc2cccc(C(F)(F)F)c2)cc1. The van der Waals surface area contributed by atoms with E-state index in [1.807, 2.05) is 16.9 Å². The first-order valence-corrected chi connectivity index (χ1v) is 11.4. The maximum atomic E-state index is 12.9. The molecule has 0 fully saturated rings. The van der Waals surface area contributed by atoms with E-state index in [1.54, 1.807) is 36.4 Å². The molecular weight excluding hydrogens is 479 g/mol. The van der Waals surface area contributed by atoms with Gasteiger partial charge < -0.3 is 14.3 Å². The third-order valence-corrected chi connectivity index (χ3v) is 6.17. The molecule has 1 N–H and O–H groups in total. The van der Waals surface area contributed by atoms with E-state index in [0.717, 1.165) is 23.4 Å². The van der Waals surface area contributed by atoms with Gasteiger partial charge in [-0.2, -0.15) is 18.2 Å². The normalized spacial score (nSPS) is 12.1. The lowest BCUT2D eigenvalue weighted by Gasteiger charge is -2.10. The van der Waals surface area contributed by atoms with Gasteiger partial charge in [0.15, 0.2) is 10.6 Å². The zero-order chi connectivity index (χ0) is 25.0. The molecule has 0 aliphatic rings. The minimum absolute atomic E-state index is 0.0248. The maximum Gasteiger partial charge on any atom is 0.416 e. The molecule has 180 valence electrons. The van der Waals surface area contributed by atoms with Crippen molar-refractivity contribution in [3.63, 3.8) is 0 Å². The van der Waals surface area contributed by atoms with Gasteiger partial charge in [-0.3, -0.25) is 9.59 Å². The number of alkyl halides is 3. The highest BCUT2D eigenvalue weighted by Gasteiger charge is 2.30. The first-order chi connectivity index (χ1) is 16.7. The fourth-order valence-electron chi connectivity index (χ4n) is 3.32. The standard InChI is InChI=1S/C25H20F3N3O3S/c1-16-15-35-24(30-23(33)21-6-3-11-34-21)31(16)14-17-7-9-19(10-8-17)22(32)29-13-18-4-2-5-20(12-18)25(26,27)28/h2-12,15H,13-14H2,1H3,(H,29,32). The van der Waals surface area contributed by atoms with E-state index in [4.69, 9.17) is 4.42 Å². The number of hydrogen-bond acceptors (Lipinski definition) is 4. The summed E-state index contributed by atoms with van der Waals surface area (Å²) in [6, 6.07) is 14.9. The minimum atomic E-state index is -4.44. The quantitative estimate of drug-likeness (QED) is 0.397. The smallest absolute Gasteiger partial charge is 0.416 e. The first kappa shape index (κ1) is 24.2. The summed E-state index contributed by atoms with van der Waals surface area (Å²) in [5, 5.41) is 4.53. The number of carbonyl (C=O) groups excluding carboxylic acids is 2. The largest absolute Gasteiger partial charge is 0.459 e. The molecule has 0 radical (unpaired) electrons. The molecule has 35 heavy (non-hydrogen) atoms. The van der Waals surface area contributed by atoms with Gasteiger partial charge >= 0.3 is 12.1 Å². The second kappa shape index (κ2) is 10.1. The molecule has 4 rings (SSSR count). The van der Waals surface area contributed by atoms with Crippen LogP contribution in [0.2, 0.25) is 0 Å². The van der Waals surface area contributed by atoms with E-state index in [1.165, 1.54) is 29.7 Å². The Morgan fingerprint density at radius 1 is 1.06 bits per heavy atom. The number of hydrogen-bond donors (Lipinski definition) is 1. The third-order valence-electron chi connectivity index (χ3n) is 5.18. The van der Waals surface area contributed by atoms with E-state index >= 15 is 0 Å². The molecule has 0 aliphatic heterocycles. The van der Waals surface area contributed by atoms with Crippen molar-refractivity contribution in [1.82, 2.24) is 9.88 Å². The number of rotatable bonds is 6. The van der Waals surface area contributed by atoms with Crippen molar-refractivity contribution in [3.05, 3.63) is 111 Å². The van der Waals surface area contributed by atoms with Crippen molar-refractivity contribution in [1.29, 1.82) is 0 Å². The number of amides is 2. The Labute approximate surface area is 202 Å². The van der Waals surface area contributed by atoms with E-state index in [9.17, 15) is 22.8 Å². The zero-order valence-corrected chi connectivity index (χ0v) is 19.3. The molecule has 0 saturated carbocycles. The van der Waals surface area contributed by atoms with Gasteiger partial charge in [-0.25, -0.2) is 0 Å². The molecule has 2 aromatic heterocycles. The van der Waals surface area contributed by atoms with Gasteiger partial charge in [0, 0.05) is 23.2 Å². The zero-order valence-electron chi connectivity index (χ0n) is 18.5. The summed E-state index contributed by atoms with van der Waals surface area (Å²) < 4.78 is 45.6. The Hall–Kier alpha value is -3.92. The van der Waals surface area contributed by atoms with Gasteiger partial charge in [0.1, 0.15) is 0 Å². The molecule has 2 aromatic carbocycles. The third kappa shape index (κ3) is 5.96. The molecule has 0 bridgehead atoms. The van der Waals surface area contributed by atoms with E-state index in [-0.39, 0.29) is 12.3 Å². The second-order valence-corrected chi connectivity index (χ2v) is 8.55. The first-order valence-electron chi connectivity index (χ1n) is 10.5. The van der Waals surface area contributed by atoms with Crippen LogP contribution in [0, 0.1) is 6.92 Å². The molecule has 4 aromatic rings. The summed E-state index contributed by atoms with van der Waals surface area (Å²) >= 11 is 1.34. The maximum absolute atomic E-state index is 12.9. The van der Waals surface area contributed by atoms with Crippen molar-refractivity contribution < 1.29 is 27.2 Å². The topological polar surface area (TPSA) is 76.6 Å². The Kier molecular flexibility index (Phi) is 7.02. The fourth-order valence-corrected chi connectivity index (χ4v) is 4.20. The highest BCUT2D eigenvalue weighted by atomic mass is 32.1. The van der Waals surface area contributed by atoms with Crippen LogP contribution in [-0.2, 0) is 19.3 Å². The number of carbonyl (C=O) groups is 2. The summed E-state index contributed by atoms with van der Waals surface area (Å²) in [4.78, 5) is 29.4. The van der Waals surface area contributed by atoms with Crippen molar-refractivity contribution in [2.45, 2.75) is 26.2 Å². The molecule has 10 heteroatoms. The van der Waals surface area contributed by atoms with Gasteiger partial charge in [0.05, 0.1) is 18.4 Å². The fraction of sp³-hybridized carbons (Fsp3) is 0.160. The van der Waals surface area contributed by atoms with E-state index < -0.39 is 23.6 Å². The van der Waals surface area contributed by atoms with E-state index in [2.05, 4.69) is 10.3 Å². The Morgan fingerprint density at radius 2 is 1.83 bits per heavy atom. The average molecular weight is 500 g/mol. The van der Waals surface area contributed by atoms with Crippen LogP contribution < -0.4 is 10.1 Å². The van der Waals surface area contributed by atoms with Gasteiger partial charge in [-0.05, 0) is 54.4 Å². The highest BCUT2D eigenvalue weighted by Crippen LogP contribution is 2.29. The van der Waals surface area contributed by atoms with Crippen LogP contribution in [0.4, 0.5) is 13.2 Å². The number of nitrogens with one attached hydrogen (secondary N) is 1. The van der Waals surface area contributed by atoms with Crippen molar-refractivity contribution in [2.24, 2.45) is 4.99 Å². The van der Waals surface area contributed by atoms with Crippen LogP contribution in [0.5, 0.6) is 0 Å². The summed E-state index contributed by atoms with van der Waals surface area (Å²) in [5.74, 6) is -0.713. The van der Waals surface area contributed by atoms with Crippen LogP contribution in [0.25, 0.3) is 0 Å². The highest BCUT2D eigenvalue weighted by molar-refractivity contribution is 7.07. The lowest BCUT2D eigenvalue weighted by molar-refractivity contribution is -0.137. The molecule has 0 unspecified atom stereocenters. The minimum Gasteiger partial charge on any atom is -0.459 e. The monoisotopic (exact) mass is 499 g/mol. The molecule has 2 amide bonds. The Bertz CT molecular complexity index is 1400. The van der Waals surface area contributed by atoms with Crippen molar-refractivity contribution in [3.8, 4) is 0 Å². The van der Waals surface area contributed by atoms with Gasteiger partial charge in [0.2, 0.25) is 0 Å². The summed E-state index contributed by atoms with van der Waals surface area (Å²) in [6.45, 7) is 2.32. The number of thiazole rings is 1. The summed E-state index contributed by atoms with van der Waals surface area (Å²) in [6.07, 6.45) is -3.03. The predicted octanol–water partition coefficient (Wildman–Crippen LogP) is 5.19. The molecule has 0 aliphatic carbocycles. The van der Waals surface area contributed by atoms with Crippen molar-refractivity contribution >= 4 is 23.2 Å². The molecule has 0 saturated heterocycles. The molecule has 2 heterocycles. The lowest BCUT2D eigenvalue weighted by atomic mass is 10.1. The molecule has 0 spiro atoms. The second-order valence-electron chi connectivity index (χ2n) is 7.72. The Balaban J connectivity index is 1.42. The number of aryl methyl sites for hydroxylation is 1. The van der Waals surface area contributed by atoms with Crippen LogP contribution in [0.15, 0.2) is 81.7 Å². The van der Waals surface area contributed by atoms with E-state index in [0.29, 0.717) is 22.5 Å². The molecule has 6 nitrogen and oxygen atoms in total. The molecular formula is C25H20F3N3O3S. The number of furan rings is 1. The van der Waals surface area contributed by atoms with Gasteiger partial charge in [-0.1, -0.05) is 24.3 Å².